The van der Waals surface area contributed by atoms with Crippen LogP contribution in [0.1, 0.15) is 175 Å². The number of rotatable bonds is 45. The fraction of sp³-hybridized carbons (Fsp3) is 0.610. The summed E-state index contributed by atoms with van der Waals surface area (Å²) in [4.78, 5) is 161. The third-order valence-electron chi connectivity index (χ3n) is 20.9. The Morgan fingerprint density at radius 3 is 1.84 bits per heavy atom. The van der Waals surface area contributed by atoms with Crippen molar-refractivity contribution in [3.05, 3.63) is 113 Å². The van der Waals surface area contributed by atoms with Gasteiger partial charge in [-0.2, -0.15) is 0 Å². The number of carbonyl (C=O) groups is 12. The van der Waals surface area contributed by atoms with Gasteiger partial charge < -0.3 is 50.8 Å². The molecule has 25 heteroatoms. The summed E-state index contributed by atoms with van der Waals surface area (Å²) in [6.07, 6.45) is 7.43. The van der Waals surface area contributed by atoms with E-state index in [4.69, 9.17) is 19.9 Å². The van der Waals surface area contributed by atoms with E-state index in [1.54, 1.807) is 62.1 Å². The zero-order valence-corrected chi connectivity index (χ0v) is 66.3. The number of benzene rings is 3. The number of carboxylic acids is 1. The number of aliphatic carboxylic acids is 1. The van der Waals surface area contributed by atoms with Crippen molar-refractivity contribution in [2.75, 3.05) is 66.4 Å². The Hall–Kier alpha value is -8.68. The van der Waals surface area contributed by atoms with Crippen molar-refractivity contribution in [1.29, 1.82) is 0 Å². The van der Waals surface area contributed by atoms with Crippen LogP contribution in [0.2, 0.25) is 0 Å². The SMILES string of the molecule is CC(=O)[C@H](C(C)C)N(C)CCc1ccc(N(C)C(=O)OCc2ccc(CC(=O)[C@H](CCCNC(N)=O)NC(=O)[C@@H](CC(=O)CCCCCN3C(=O)C=CC3=O)C(C)C)cc2)cc1.CC[C@H](C(=O)N(C)[C@@H]([C@@H](C)CC)[C@@H](CC(=O)N1CCC[C@H]1[C@H](OC)[C@@H](C)C(=O)N[C@@H](Cc1ccccc1)C(=O)O)OC)C(C)C. The zero-order valence-electron chi connectivity index (χ0n) is 66.3. The minimum absolute atomic E-state index is 0.00811. The number of nitrogens with one attached hydrogen (secondary N) is 3. The molecule has 9 amide bonds. The van der Waals surface area contributed by atoms with Crippen molar-refractivity contribution in [1.82, 2.24) is 35.6 Å². The molecular formula is C82H123N9O16. The number of methoxy groups -OCH3 is 2. The summed E-state index contributed by atoms with van der Waals surface area (Å²) < 4.78 is 17.3. The number of primary amides is 1. The van der Waals surface area contributed by atoms with Crippen molar-refractivity contribution in [3.63, 3.8) is 0 Å². The van der Waals surface area contributed by atoms with Crippen LogP contribution in [0.3, 0.4) is 0 Å². The maximum atomic E-state index is 13.9. The van der Waals surface area contributed by atoms with Crippen LogP contribution in [0.25, 0.3) is 0 Å². The van der Waals surface area contributed by atoms with Gasteiger partial charge in [0.25, 0.3) is 11.8 Å². The Labute approximate surface area is 634 Å². The molecule has 0 aliphatic carbocycles. The highest BCUT2D eigenvalue weighted by molar-refractivity contribution is 6.12. The van der Waals surface area contributed by atoms with Crippen LogP contribution >= 0.6 is 0 Å². The first-order chi connectivity index (χ1) is 50.7. The number of likely N-dealkylation sites (N-methyl/N-ethyl adjacent to an activating group) is 2. The maximum Gasteiger partial charge on any atom is 0.414 e. The van der Waals surface area contributed by atoms with Gasteiger partial charge in [0, 0.05) is 110 Å². The minimum atomic E-state index is -1.12. The smallest absolute Gasteiger partial charge is 0.414 e. The third-order valence-corrected chi connectivity index (χ3v) is 20.9. The van der Waals surface area contributed by atoms with Gasteiger partial charge in [-0.3, -0.25) is 57.9 Å². The number of unbranched alkanes of at least 4 members (excludes halogenated alkanes) is 2. The maximum absolute atomic E-state index is 13.9. The number of nitrogens with zero attached hydrogens (tertiary/aromatic N) is 5. The molecule has 0 aromatic heterocycles. The molecule has 11 atom stereocenters. The first-order valence-corrected chi connectivity index (χ1v) is 38.1. The molecule has 0 bridgehead atoms. The van der Waals surface area contributed by atoms with Gasteiger partial charge in [0.15, 0.2) is 5.78 Å². The van der Waals surface area contributed by atoms with Crippen LogP contribution in [0.15, 0.2) is 91.0 Å². The second kappa shape index (κ2) is 45.9. The van der Waals surface area contributed by atoms with Crippen LogP contribution in [0, 0.1) is 41.4 Å². The number of Topliss-reactive ketones (excluding diaryl/α,β-unsaturated/α-hetero) is 3. The Kier molecular flexibility index (Phi) is 38.9. The van der Waals surface area contributed by atoms with Gasteiger partial charge in [0.1, 0.15) is 24.2 Å². The molecule has 592 valence electrons. The molecule has 0 spiro atoms. The molecule has 2 heterocycles. The molecule has 6 N–H and O–H groups in total. The predicted octanol–water partition coefficient (Wildman–Crippen LogP) is 9.71. The molecule has 0 unspecified atom stereocenters. The molecule has 1 saturated heterocycles. The molecule has 107 heavy (non-hydrogen) atoms. The average molecular weight is 1490 g/mol. The van der Waals surface area contributed by atoms with Crippen LogP contribution in [0.5, 0.6) is 0 Å². The zero-order chi connectivity index (χ0) is 79.8. The Morgan fingerprint density at radius 2 is 1.29 bits per heavy atom. The van der Waals surface area contributed by atoms with E-state index >= 15 is 0 Å². The van der Waals surface area contributed by atoms with E-state index < -0.39 is 66.0 Å². The molecular weight excluding hydrogens is 1370 g/mol. The number of urea groups is 1. The van der Waals surface area contributed by atoms with Crippen molar-refractivity contribution >= 4 is 76.6 Å². The van der Waals surface area contributed by atoms with E-state index in [9.17, 15) is 62.6 Å². The fourth-order valence-corrected chi connectivity index (χ4v) is 14.4. The van der Waals surface area contributed by atoms with E-state index in [0.717, 1.165) is 43.4 Å². The second-order valence-electron chi connectivity index (χ2n) is 29.8. The monoisotopic (exact) mass is 1490 g/mol. The van der Waals surface area contributed by atoms with E-state index in [1.807, 2.05) is 103 Å². The normalized spacial score (nSPS) is 16.4. The van der Waals surface area contributed by atoms with Crippen molar-refractivity contribution < 1.29 is 76.9 Å². The molecule has 0 radical (unpaired) electrons. The highest BCUT2D eigenvalue weighted by Crippen LogP contribution is 2.31. The number of ether oxygens (including phenoxy) is 3. The van der Waals surface area contributed by atoms with Crippen LogP contribution in [-0.4, -0.2) is 200 Å². The summed E-state index contributed by atoms with van der Waals surface area (Å²) in [6.45, 7) is 23.2. The number of anilines is 1. The standard InChI is InChI=1S/C47H66N6O9.C35H57N3O7/c1-31(2)39(29-38(55)12-9-8-10-26-53-42(57)22-23-43(53)58)45(59)50-40(13-11-25-49-46(48)60)41(56)28-35-14-16-36(17-15-35)30-62-47(61)52(7)37-20-18-34(19-21-37)24-27-51(6)44(32(3)4)33(5)54;1-10-23(5)31(37(7)34(41)26(11-2)22(3)4)29(44-8)21-30(39)38-19-15-18-28(38)32(45-9)24(6)33(40)36-27(35(42)43)20-25-16-13-12-14-17-25/h14-23,31-32,39-40,44H,8-13,24-30H2,1-7H3,(H,50,59)(H3,48,49,60);12-14,16-17,22-24,26-29,31-32H,10-11,15,18-21H2,1-9H3,(H,36,40)(H,42,43)/t39-,40-,44-;23-,24+,26-,27-,28-,29+,31-,32+/m00/s1. The van der Waals surface area contributed by atoms with Gasteiger partial charge in [0.2, 0.25) is 23.6 Å². The van der Waals surface area contributed by atoms with E-state index in [-0.39, 0.29) is 140 Å². The summed E-state index contributed by atoms with van der Waals surface area (Å²) in [5, 5.41) is 17.9. The number of nitrogens with two attached hydrogens (primary N) is 1. The number of carboxylic acid groups (broad SMARTS) is 1. The lowest BCUT2D eigenvalue weighted by atomic mass is 9.87. The summed E-state index contributed by atoms with van der Waals surface area (Å²) in [6, 6.07) is 20.4. The summed E-state index contributed by atoms with van der Waals surface area (Å²) in [5.41, 5.74) is 9.17. The number of imide groups is 1. The number of amides is 9. The first kappa shape index (κ1) is 90.7. The van der Waals surface area contributed by atoms with Gasteiger partial charge in [0.05, 0.1) is 48.7 Å². The molecule has 3 aromatic carbocycles. The van der Waals surface area contributed by atoms with Crippen molar-refractivity contribution in [2.45, 2.75) is 221 Å². The van der Waals surface area contributed by atoms with Gasteiger partial charge in [-0.05, 0) is 123 Å². The van der Waals surface area contributed by atoms with Gasteiger partial charge in [-0.1, -0.05) is 149 Å². The fourth-order valence-electron chi connectivity index (χ4n) is 14.4. The topological polar surface area (TPSA) is 331 Å². The van der Waals surface area contributed by atoms with E-state index in [1.165, 1.54) is 29.1 Å². The molecule has 1 fully saturated rings. The average Bonchev–Trinajstić information content (AvgIpc) is 1.78. The van der Waals surface area contributed by atoms with Gasteiger partial charge in [-0.25, -0.2) is 14.4 Å². The molecule has 0 saturated carbocycles. The molecule has 2 aliphatic heterocycles. The lowest BCUT2D eigenvalue weighted by Crippen LogP contribution is -2.54. The highest BCUT2D eigenvalue weighted by atomic mass is 16.6. The lowest BCUT2D eigenvalue weighted by Gasteiger charge is -2.40. The summed E-state index contributed by atoms with van der Waals surface area (Å²) >= 11 is 0. The number of hydrogen-bond acceptors (Lipinski definition) is 16. The predicted molar refractivity (Wildman–Crippen MR) is 411 cm³/mol. The Morgan fingerprint density at radius 1 is 0.682 bits per heavy atom. The molecule has 25 nitrogen and oxygen atoms in total. The third kappa shape index (κ3) is 28.8. The quantitative estimate of drug-likeness (QED) is 0.0259. The van der Waals surface area contributed by atoms with Gasteiger partial charge in [-0.15, -0.1) is 0 Å². The van der Waals surface area contributed by atoms with Crippen molar-refractivity contribution in [3.8, 4) is 0 Å². The van der Waals surface area contributed by atoms with Crippen LogP contribution in [-0.2, 0) is 88.0 Å². The van der Waals surface area contributed by atoms with E-state index in [2.05, 4.69) is 48.5 Å². The Balaban J connectivity index is 0.000000476. The molecule has 2 aliphatic rings. The van der Waals surface area contributed by atoms with Crippen LogP contribution < -0.4 is 26.6 Å². The largest absolute Gasteiger partial charge is 0.480 e. The van der Waals surface area contributed by atoms with Crippen molar-refractivity contribution in [2.24, 2.45) is 47.2 Å². The number of carbonyl (C=O) groups excluding carboxylic acids is 11. The van der Waals surface area contributed by atoms with Gasteiger partial charge >= 0.3 is 18.1 Å². The Bertz CT molecular complexity index is 3400. The summed E-state index contributed by atoms with van der Waals surface area (Å²) in [7, 11) is 8.52. The molecule has 5 rings (SSSR count). The second-order valence-corrected chi connectivity index (χ2v) is 29.8. The minimum Gasteiger partial charge on any atom is -0.480 e. The lowest BCUT2D eigenvalue weighted by molar-refractivity contribution is -0.148. The van der Waals surface area contributed by atoms with Crippen LogP contribution in [0.4, 0.5) is 15.3 Å². The number of ketones is 3. The summed E-state index contributed by atoms with van der Waals surface area (Å²) in [5.74, 6) is -4.00. The molecule has 3 aromatic rings. The van der Waals surface area contributed by atoms with E-state index in [0.29, 0.717) is 62.0 Å². The first-order valence-electron chi connectivity index (χ1n) is 38.1. The number of likely N-dealkylation sites (tertiary alicyclic amines) is 1. The highest BCUT2D eigenvalue weighted by Gasteiger charge is 2.43. The number of hydrogen-bond donors (Lipinski definition) is 5.